The van der Waals surface area contributed by atoms with E-state index in [0.717, 1.165) is 45.0 Å². The van der Waals surface area contributed by atoms with Crippen LogP contribution in [0.4, 0.5) is 0 Å². The summed E-state index contributed by atoms with van der Waals surface area (Å²) in [6.45, 7) is 6.36. The van der Waals surface area contributed by atoms with Gasteiger partial charge in [-0.15, -0.1) is 0 Å². The zero-order valence-electron chi connectivity index (χ0n) is 18.7. The summed E-state index contributed by atoms with van der Waals surface area (Å²) in [4.78, 5) is 18.2. The summed E-state index contributed by atoms with van der Waals surface area (Å²) in [5.41, 5.74) is 9.29. The lowest BCUT2D eigenvalue weighted by Gasteiger charge is -2.31. The second kappa shape index (κ2) is 11.5. The van der Waals surface area contributed by atoms with Crippen molar-refractivity contribution in [2.75, 3.05) is 26.7 Å². The normalized spacial score (nSPS) is 18.4. The molecule has 1 saturated heterocycles. The number of likely N-dealkylation sites (tertiary alicyclic amines) is 1. The minimum Gasteiger partial charge on any atom is -0.369 e. The van der Waals surface area contributed by atoms with Gasteiger partial charge in [0.1, 0.15) is 0 Å². The van der Waals surface area contributed by atoms with E-state index in [1.807, 2.05) is 6.07 Å². The SMILES string of the molecule is CN=C(NCc1cccc(CN2CCCC(C(N)=O)C2)c1)NCC(C)c1ccccc1. The number of rotatable bonds is 8. The topological polar surface area (TPSA) is 82.8 Å². The highest BCUT2D eigenvalue weighted by atomic mass is 16.1. The average molecular weight is 422 g/mol. The Hall–Kier alpha value is -2.86. The molecule has 6 nitrogen and oxygen atoms in total. The molecule has 2 aromatic rings. The zero-order chi connectivity index (χ0) is 22.1. The fraction of sp³-hybridized carbons (Fsp3) is 0.440. The van der Waals surface area contributed by atoms with Crippen molar-refractivity contribution in [3.63, 3.8) is 0 Å². The van der Waals surface area contributed by atoms with Crippen LogP contribution in [-0.4, -0.2) is 43.4 Å². The van der Waals surface area contributed by atoms with Crippen molar-refractivity contribution in [1.82, 2.24) is 15.5 Å². The number of hydrogen-bond acceptors (Lipinski definition) is 3. The van der Waals surface area contributed by atoms with E-state index in [0.29, 0.717) is 12.5 Å². The molecule has 3 rings (SSSR count). The Morgan fingerprint density at radius 1 is 1.16 bits per heavy atom. The van der Waals surface area contributed by atoms with Gasteiger partial charge in [0.25, 0.3) is 0 Å². The summed E-state index contributed by atoms with van der Waals surface area (Å²) in [5, 5.41) is 6.83. The van der Waals surface area contributed by atoms with E-state index in [-0.39, 0.29) is 11.8 Å². The molecule has 1 aliphatic rings. The lowest BCUT2D eigenvalue weighted by molar-refractivity contribution is -0.123. The first-order valence-electron chi connectivity index (χ1n) is 11.1. The number of guanidine groups is 1. The van der Waals surface area contributed by atoms with Gasteiger partial charge >= 0.3 is 0 Å². The van der Waals surface area contributed by atoms with E-state index in [1.165, 1.54) is 16.7 Å². The first-order valence-corrected chi connectivity index (χ1v) is 11.1. The van der Waals surface area contributed by atoms with Gasteiger partial charge in [0.05, 0.1) is 5.92 Å². The number of piperidine rings is 1. The van der Waals surface area contributed by atoms with E-state index in [1.54, 1.807) is 7.05 Å². The minimum absolute atomic E-state index is 0.0220. The number of benzene rings is 2. The molecule has 1 heterocycles. The lowest BCUT2D eigenvalue weighted by atomic mass is 9.97. The second-order valence-corrected chi connectivity index (χ2v) is 8.41. The number of amides is 1. The Labute approximate surface area is 185 Å². The highest BCUT2D eigenvalue weighted by molar-refractivity contribution is 5.79. The number of nitrogens with zero attached hydrogens (tertiary/aromatic N) is 2. The maximum atomic E-state index is 11.5. The highest BCUT2D eigenvalue weighted by Crippen LogP contribution is 2.19. The third-order valence-electron chi connectivity index (χ3n) is 5.93. The van der Waals surface area contributed by atoms with Crippen molar-refractivity contribution in [3.8, 4) is 0 Å². The first-order chi connectivity index (χ1) is 15.0. The molecule has 0 aromatic heterocycles. The molecule has 6 heteroatoms. The number of hydrogen-bond donors (Lipinski definition) is 3. The molecule has 166 valence electrons. The van der Waals surface area contributed by atoms with Crippen LogP contribution in [0.3, 0.4) is 0 Å². The van der Waals surface area contributed by atoms with Crippen LogP contribution in [0.2, 0.25) is 0 Å². The van der Waals surface area contributed by atoms with Gasteiger partial charge in [-0.05, 0) is 42.0 Å². The van der Waals surface area contributed by atoms with Crippen molar-refractivity contribution >= 4 is 11.9 Å². The Balaban J connectivity index is 1.49. The minimum atomic E-state index is -0.178. The molecule has 2 aromatic carbocycles. The number of nitrogens with two attached hydrogens (primary N) is 1. The molecular weight excluding hydrogens is 386 g/mol. The summed E-state index contributed by atoms with van der Waals surface area (Å²) in [5.74, 6) is 1.000. The monoisotopic (exact) mass is 421 g/mol. The fourth-order valence-electron chi connectivity index (χ4n) is 4.08. The van der Waals surface area contributed by atoms with Crippen LogP contribution in [0.15, 0.2) is 59.6 Å². The Bertz CT molecular complexity index is 867. The molecule has 0 saturated carbocycles. The van der Waals surface area contributed by atoms with Crippen LogP contribution in [0.5, 0.6) is 0 Å². The molecule has 1 amide bonds. The van der Waals surface area contributed by atoms with E-state index in [4.69, 9.17) is 5.73 Å². The summed E-state index contributed by atoms with van der Waals surface area (Å²) < 4.78 is 0. The highest BCUT2D eigenvalue weighted by Gasteiger charge is 2.23. The van der Waals surface area contributed by atoms with Crippen molar-refractivity contribution in [2.45, 2.75) is 38.8 Å². The third-order valence-corrected chi connectivity index (χ3v) is 5.93. The molecule has 1 aliphatic heterocycles. The van der Waals surface area contributed by atoms with Crippen molar-refractivity contribution in [1.29, 1.82) is 0 Å². The summed E-state index contributed by atoms with van der Waals surface area (Å²) in [6.07, 6.45) is 1.93. The second-order valence-electron chi connectivity index (χ2n) is 8.41. The van der Waals surface area contributed by atoms with Crippen LogP contribution in [0.1, 0.15) is 42.4 Å². The van der Waals surface area contributed by atoms with Crippen molar-refractivity contribution in [3.05, 3.63) is 71.3 Å². The smallest absolute Gasteiger partial charge is 0.221 e. The van der Waals surface area contributed by atoms with Crippen LogP contribution in [0, 0.1) is 5.92 Å². The summed E-state index contributed by atoms with van der Waals surface area (Å²) >= 11 is 0. The largest absolute Gasteiger partial charge is 0.369 e. The Morgan fingerprint density at radius 2 is 1.94 bits per heavy atom. The molecule has 0 radical (unpaired) electrons. The van der Waals surface area contributed by atoms with Gasteiger partial charge < -0.3 is 16.4 Å². The molecule has 0 aliphatic carbocycles. The molecular formula is C25H35N5O. The summed E-state index contributed by atoms with van der Waals surface area (Å²) in [6, 6.07) is 19.1. The fourth-order valence-corrected chi connectivity index (χ4v) is 4.08. The molecule has 2 atom stereocenters. The van der Waals surface area contributed by atoms with Crippen LogP contribution in [0.25, 0.3) is 0 Å². The predicted octanol–water partition coefficient (Wildman–Crippen LogP) is 2.85. The summed E-state index contributed by atoms with van der Waals surface area (Å²) in [7, 11) is 1.80. The van der Waals surface area contributed by atoms with Crippen molar-refractivity contribution in [2.24, 2.45) is 16.6 Å². The van der Waals surface area contributed by atoms with Gasteiger partial charge in [0, 0.05) is 33.2 Å². The van der Waals surface area contributed by atoms with E-state index < -0.39 is 0 Å². The number of carbonyl (C=O) groups is 1. The number of nitrogens with one attached hydrogen (secondary N) is 2. The van der Waals surface area contributed by atoms with Gasteiger partial charge in [0.15, 0.2) is 5.96 Å². The number of carbonyl (C=O) groups excluding carboxylic acids is 1. The molecule has 1 fully saturated rings. The van der Waals surface area contributed by atoms with Crippen LogP contribution in [-0.2, 0) is 17.9 Å². The van der Waals surface area contributed by atoms with Gasteiger partial charge in [-0.3, -0.25) is 14.7 Å². The third kappa shape index (κ3) is 7.10. The van der Waals surface area contributed by atoms with Crippen LogP contribution < -0.4 is 16.4 Å². The first kappa shape index (κ1) is 22.8. The van der Waals surface area contributed by atoms with Crippen molar-refractivity contribution < 1.29 is 4.79 Å². The van der Waals surface area contributed by atoms with Gasteiger partial charge in [0.2, 0.25) is 5.91 Å². The van der Waals surface area contributed by atoms with E-state index in [9.17, 15) is 4.79 Å². The van der Waals surface area contributed by atoms with E-state index in [2.05, 4.69) is 76.0 Å². The molecule has 31 heavy (non-hydrogen) atoms. The maximum Gasteiger partial charge on any atom is 0.221 e. The van der Waals surface area contributed by atoms with Crippen LogP contribution >= 0.6 is 0 Å². The lowest BCUT2D eigenvalue weighted by Crippen LogP contribution is -2.40. The number of primary amides is 1. The quantitative estimate of drug-likeness (QED) is 0.452. The average Bonchev–Trinajstić information content (AvgIpc) is 2.80. The molecule has 2 unspecified atom stereocenters. The molecule has 4 N–H and O–H groups in total. The van der Waals surface area contributed by atoms with Gasteiger partial charge in [-0.25, -0.2) is 0 Å². The predicted molar refractivity (Wildman–Crippen MR) is 127 cm³/mol. The standard InChI is InChI=1S/C25H35N5O/c1-19(22-10-4-3-5-11-22)15-28-25(27-2)29-16-20-8-6-9-21(14-20)17-30-13-7-12-23(18-30)24(26)31/h3-6,8-11,14,19,23H,7,12-13,15-18H2,1-2H3,(H2,26,31)(H2,27,28,29). The van der Waals surface area contributed by atoms with Gasteiger partial charge in [-0.1, -0.05) is 61.5 Å². The molecule has 0 bridgehead atoms. The number of aliphatic imine (C=N–C) groups is 1. The Kier molecular flexibility index (Phi) is 8.47. The zero-order valence-corrected chi connectivity index (χ0v) is 18.7. The molecule has 0 spiro atoms. The van der Waals surface area contributed by atoms with E-state index >= 15 is 0 Å². The Morgan fingerprint density at radius 3 is 2.68 bits per heavy atom. The van der Waals surface area contributed by atoms with Gasteiger partial charge in [-0.2, -0.15) is 0 Å². The maximum absolute atomic E-state index is 11.5.